The molecule has 210 valence electrons. The van der Waals surface area contributed by atoms with E-state index in [0.717, 1.165) is 18.4 Å². The minimum Gasteiger partial charge on any atom is -0.494 e. The molecule has 1 fully saturated rings. The summed E-state index contributed by atoms with van der Waals surface area (Å²) in [5, 5.41) is 0.112. The van der Waals surface area contributed by atoms with E-state index in [-0.39, 0.29) is 28.6 Å². The van der Waals surface area contributed by atoms with Gasteiger partial charge in [-0.3, -0.25) is 4.79 Å². The molecule has 1 N–H and O–H groups in total. The summed E-state index contributed by atoms with van der Waals surface area (Å²) in [5.74, 6) is -0.155. The number of carbonyl (C=O) groups excluding carboxylic acids is 1. The molecule has 0 heterocycles. The lowest BCUT2D eigenvalue weighted by molar-refractivity contribution is -0.149. The zero-order valence-corrected chi connectivity index (χ0v) is 25.3. The third-order valence-corrected chi connectivity index (χ3v) is 13.7. The monoisotopic (exact) mass is 561 g/mol. The number of nitrogens with one attached hydrogen (secondary N) is 1. The van der Waals surface area contributed by atoms with Crippen LogP contribution in [-0.2, 0) is 30.6 Å². The molecule has 1 saturated carbocycles. The van der Waals surface area contributed by atoms with Crippen molar-refractivity contribution in [2.75, 3.05) is 6.61 Å². The average Bonchev–Trinajstić information content (AvgIpc) is 2.87. The number of sulfonamides is 1. The number of hydrogen-bond acceptors (Lipinski definition) is 6. The molecular formula is C29H43NO6SSi. The van der Waals surface area contributed by atoms with Gasteiger partial charge in [-0.1, -0.05) is 51.1 Å². The second kappa shape index (κ2) is 12.8. The summed E-state index contributed by atoms with van der Waals surface area (Å²) >= 11 is 0. The van der Waals surface area contributed by atoms with E-state index in [4.69, 9.17) is 13.9 Å². The van der Waals surface area contributed by atoms with Crippen molar-refractivity contribution in [1.29, 1.82) is 0 Å². The highest BCUT2D eigenvalue weighted by molar-refractivity contribution is 7.89. The molecular weight excluding hydrogens is 518 g/mol. The molecule has 0 radical (unpaired) electrons. The van der Waals surface area contributed by atoms with Gasteiger partial charge in [-0.2, -0.15) is 4.72 Å². The van der Waals surface area contributed by atoms with Gasteiger partial charge in [0.25, 0.3) is 0 Å². The van der Waals surface area contributed by atoms with Gasteiger partial charge in [0.2, 0.25) is 10.0 Å². The highest BCUT2D eigenvalue weighted by Crippen LogP contribution is 2.40. The van der Waals surface area contributed by atoms with E-state index in [1.165, 1.54) is 12.1 Å². The molecule has 0 aromatic heterocycles. The first-order chi connectivity index (χ1) is 17.8. The maximum Gasteiger partial charge on any atom is 0.324 e. The zero-order chi connectivity index (χ0) is 28.0. The van der Waals surface area contributed by atoms with E-state index in [1.807, 2.05) is 37.3 Å². The van der Waals surface area contributed by atoms with Crippen molar-refractivity contribution in [3.05, 3.63) is 60.2 Å². The van der Waals surface area contributed by atoms with E-state index < -0.39 is 30.4 Å². The maximum absolute atomic E-state index is 13.3. The molecule has 38 heavy (non-hydrogen) atoms. The lowest BCUT2D eigenvalue weighted by Crippen LogP contribution is -2.49. The molecule has 0 saturated heterocycles. The van der Waals surface area contributed by atoms with Crippen LogP contribution in [0.25, 0.3) is 0 Å². The quantitative estimate of drug-likeness (QED) is 0.265. The largest absolute Gasteiger partial charge is 0.494 e. The molecule has 0 aliphatic heterocycles. The van der Waals surface area contributed by atoms with Crippen molar-refractivity contribution in [3.63, 3.8) is 0 Å². The summed E-state index contributed by atoms with van der Waals surface area (Å²) in [6, 6.07) is 14.6. The maximum atomic E-state index is 13.3. The first kappa shape index (κ1) is 30.3. The molecule has 1 aliphatic rings. The standard InChI is InChI=1S/C29H43NO6SSi/c1-7-34-24-17-19-26(20-18-24)37(32,33)30-27(28(31)35-21-22-11-9-8-10-12-22)23-13-15-25(16-14-23)36-38(5,6)29(2,3)4/h8-12,17-20,23,25,27,30H,7,13-16,21H2,1-6H3/t23?,25?,27-/m1/s1. The Hall–Kier alpha value is -2.20. The Morgan fingerprint density at radius 1 is 1.00 bits per heavy atom. The third kappa shape index (κ3) is 8.15. The predicted octanol–water partition coefficient (Wildman–Crippen LogP) is 6.06. The molecule has 3 rings (SSSR count). The second-order valence-electron chi connectivity index (χ2n) is 11.5. The van der Waals surface area contributed by atoms with E-state index in [0.29, 0.717) is 25.2 Å². The summed E-state index contributed by atoms with van der Waals surface area (Å²) in [4.78, 5) is 13.4. The van der Waals surface area contributed by atoms with Crippen molar-refractivity contribution >= 4 is 24.3 Å². The Balaban J connectivity index is 1.74. The van der Waals surface area contributed by atoms with Crippen LogP contribution in [0, 0.1) is 5.92 Å². The summed E-state index contributed by atoms with van der Waals surface area (Å²) in [5.41, 5.74) is 0.848. The minimum atomic E-state index is -3.96. The van der Waals surface area contributed by atoms with Gasteiger partial charge < -0.3 is 13.9 Å². The SMILES string of the molecule is CCOc1ccc(S(=O)(=O)N[C@@H](C(=O)OCc2ccccc2)C2CCC(O[Si](C)(C)C(C)(C)C)CC2)cc1. The first-order valence-electron chi connectivity index (χ1n) is 13.5. The molecule has 0 amide bonds. The van der Waals surface area contributed by atoms with Crippen molar-refractivity contribution in [2.24, 2.45) is 5.92 Å². The number of ether oxygens (including phenoxy) is 2. The fourth-order valence-electron chi connectivity index (χ4n) is 4.41. The third-order valence-electron chi connectivity index (χ3n) is 7.66. The Labute approximate surface area is 229 Å². The molecule has 1 atom stereocenters. The molecule has 0 spiro atoms. The topological polar surface area (TPSA) is 90.9 Å². The van der Waals surface area contributed by atoms with Crippen LogP contribution in [0.1, 0.15) is 58.9 Å². The first-order valence-corrected chi connectivity index (χ1v) is 17.8. The van der Waals surface area contributed by atoms with E-state index in [9.17, 15) is 13.2 Å². The van der Waals surface area contributed by atoms with Gasteiger partial charge in [-0.05, 0) is 86.5 Å². The van der Waals surface area contributed by atoms with Crippen molar-refractivity contribution in [1.82, 2.24) is 4.72 Å². The lowest BCUT2D eigenvalue weighted by atomic mass is 9.83. The van der Waals surface area contributed by atoms with Crippen LogP contribution in [-0.4, -0.2) is 41.5 Å². The van der Waals surface area contributed by atoms with Crippen LogP contribution in [0.2, 0.25) is 18.1 Å². The number of benzene rings is 2. The van der Waals surface area contributed by atoms with Gasteiger partial charge in [-0.15, -0.1) is 0 Å². The summed E-state index contributed by atoms with van der Waals surface area (Å²) in [7, 11) is -5.88. The van der Waals surface area contributed by atoms with Crippen molar-refractivity contribution < 1.29 is 27.1 Å². The Bertz CT molecular complexity index is 1140. The van der Waals surface area contributed by atoms with Gasteiger partial charge in [0, 0.05) is 6.10 Å². The molecule has 0 unspecified atom stereocenters. The van der Waals surface area contributed by atoms with Crippen LogP contribution in [0.5, 0.6) is 5.75 Å². The van der Waals surface area contributed by atoms with Gasteiger partial charge in [0.15, 0.2) is 8.32 Å². The van der Waals surface area contributed by atoms with Crippen molar-refractivity contribution in [3.8, 4) is 5.75 Å². The summed E-state index contributed by atoms with van der Waals surface area (Å²) in [6.45, 7) is 13.6. The van der Waals surface area contributed by atoms with Crippen LogP contribution in [0.4, 0.5) is 0 Å². The van der Waals surface area contributed by atoms with Gasteiger partial charge in [0.05, 0.1) is 11.5 Å². The van der Waals surface area contributed by atoms with Crippen LogP contribution in [0.3, 0.4) is 0 Å². The molecule has 7 nitrogen and oxygen atoms in total. The zero-order valence-electron chi connectivity index (χ0n) is 23.5. The molecule has 1 aliphatic carbocycles. The Kier molecular flexibility index (Phi) is 10.2. The van der Waals surface area contributed by atoms with E-state index in [1.54, 1.807) is 12.1 Å². The lowest BCUT2D eigenvalue weighted by Gasteiger charge is -2.42. The molecule has 2 aromatic carbocycles. The minimum absolute atomic E-state index is 0.0803. The normalized spacial score (nSPS) is 19.5. The molecule has 0 bridgehead atoms. The average molecular weight is 562 g/mol. The highest BCUT2D eigenvalue weighted by atomic mass is 32.2. The second-order valence-corrected chi connectivity index (χ2v) is 18.0. The summed E-state index contributed by atoms with van der Waals surface area (Å²) in [6.07, 6.45) is 3.04. The van der Waals surface area contributed by atoms with Gasteiger partial charge >= 0.3 is 5.97 Å². The van der Waals surface area contributed by atoms with Crippen LogP contribution in [0.15, 0.2) is 59.5 Å². The molecule has 9 heteroatoms. The fraction of sp³-hybridized carbons (Fsp3) is 0.552. The highest BCUT2D eigenvalue weighted by Gasteiger charge is 2.42. The molecule has 2 aromatic rings. The number of hydrogen-bond donors (Lipinski definition) is 1. The van der Waals surface area contributed by atoms with Crippen LogP contribution >= 0.6 is 0 Å². The fourth-order valence-corrected chi connectivity index (χ4v) is 7.08. The number of carbonyl (C=O) groups is 1. The smallest absolute Gasteiger partial charge is 0.324 e. The van der Waals surface area contributed by atoms with Crippen molar-refractivity contribution in [2.45, 2.75) is 95.2 Å². The van der Waals surface area contributed by atoms with Gasteiger partial charge in [0.1, 0.15) is 18.4 Å². The predicted molar refractivity (Wildman–Crippen MR) is 152 cm³/mol. The van der Waals surface area contributed by atoms with E-state index in [2.05, 4.69) is 38.6 Å². The van der Waals surface area contributed by atoms with Crippen LogP contribution < -0.4 is 9.46 Å². The van der Waals surface area contributed by atoms with E-state index >= 15 is 0 Å². The summed E-state index contributed by atoms with van der Waals surface area (Å²) < 4.78 is 47.0. The number of rotatable bonds is 11. The Morgan fingerprint density at radius 2 is 1.61 bits per heavy atom. The van der Waals surface area contributed by atoms with Gasteiger partial charge in [-0.25, -0.2) is 8.42 Å². The number of esters is 1. The Morgan fingerprint density at radius 3 is 2.16 bits per heavy atom.